The Morgan fingerprint density at radius 1 is 1.44 bits per heavy atom. The molecule has 0 aliphatic heterocycles. The van der Waals surface area contributed by atoms with Gasteiger partial charge in [0.15, 0.2) is 6.10 Å². The van der Waals surface area contributed by atoms with Gasteiger partial charge in [0, 0.05) is 18.3 Å². The van der Waals surface area contributed by atoms with E-state index < -0.39 is 29.0 Å². The third-order valence-corrected chi connectivity index (χ3v) is 2.04. The highest BCUT2D eigenvalue weighted by Gasteiger charge is 2.30. The van der Waals surface area contributed by atoms with Crippen LogP contribution in [0.4, 0.5) is 0 Å². The monoisotopic (exact) mass is 233 g/mol. The first-order valence-corrected chi connectivity index (χ1v) is 4.76. The van der Waals surface area contributed by atoms with E-state index in [0.29, 0.717) is 0 Å². The molecule has 7 nitrogen and oxygen atoms in total. The Kier molecular flexibility index (Phi) is 6.06. The van der Waals surface area contributed by atoms with E-state index in [4.69, 9.17) is 4.74 Å². The molecule has 2 atom stereocenters. The van der Waals surface area contributed by atoms with E-state index in [0.717, 1.165) is 0 Å². The van der Waals surface area contributed by atoms with Gasteiger partial charge >= 0.3 is 11.9 Å². The highest BCUT2D eigenvalue weighted by atomic mass is 16.6. The first-order valence-electron chi connectivity index (χ1n) is 4.76. The smallest absolute Gasteiger partial charge is 0.305 e. The van der Waals surface area contributed by atoms with Gasteiger partial charge in [-0.05, 0) is 6.92 Å². The Morgan fingerprint density at radius 3 is 2.38 bits per heavy atom. The van der Waals surface area contributed by atoms with Crippen LogP contribution < -0.4 is 0 Å². The summed E-state index contributed by atoms with van der Waals surface area (Å²) in [6, 6.07) is -1.09. The molecule has 0 aromatic carbocycles. The fraction of sp³-hybridized carbons (Fsp3) is 0.778. The zero-order valence-corrected chi connectivity index (χ0v) is 9.47. The number of methoxy groups -OCH3 is 1. The predicted octanol–water partition coefficient (Wildman–Crippen LogP) is 0.536. The van der Waals surface area contributed by atoms with Crippen molar-refractivity contribution in [3.05, 3.63) is 10.1 Å². The number of esters is 2. The maximum absolute atomic E-state index is 10.8. The van der Waals surface area contributed by atoms with E-state index in [-0.39, 0.29) is 12.8 Å². The second kappa shape index (κ2) is 6.76. The van der Waals surface area contributed by atoms with Crippen LogP contribution in [0.15, 0.2) is 0 Å². The fourth-order valence-corrected chi connectivity index (χ4v) is 1.22. The van der Waals surface area contributed by atoms with E-state index in [9.17, 15) is 19.7 Å². The largest absolute Gasteiger partial charge is 0.469 e. The van der Waals surface area contributed by atoms with Crippen molar-refractivity contribution in [1.29, 1.82) is 0 Å². The Morgan fingerprint density at radius 2 is 2.00 bits per heavy atom. The molecule has 2 unspecified atom stereocenters. The summed E-state index contributed by atoms with van der Waals surface area (Å²) in [6.45, 7) is 2.60. The number of carbonyl (C=O) groups excluding carboxylic acids is 2. The Bertz CT molecular complexity index is 277. The number of hydrogen-bond donors (Lipinski definition) is 0. The topological polar surface area (TPSA) is 95.7 Å². The minimum Gasteiger partial charge on any atom is -0.469 e. The number of carbonyl (C=O) groups is 2. The van der Waals surface area contributed by atoms with Gasteiger partial charge < -0.3 is 9.47 Å². The molecule has 0 amide bonds. The molecule has 0 rings (SSSR count). The van der Waals surface area contributed by atoms with Crippen molar-refractivity contribution in [1.82, 2.24) is 0 Å². The molecular formula is C9H15NO6. The van der Waals surface area contributed by atoms with Gasteiger partial charge in [0.05, 0.1) is 13.5 Å². The van der Waals surface area contributed by atoms with Crippen LogP contribution in [0.1, 0.15) is 26.7 Å². The third kappa shape index (κ3) is 5.28. The van der Waals surface area contributed by atoms with Crippen LogP contribution >= 0.6 is 0 Å². The summed E-state index contributed by atoms with van der Waals surface area (Å²) >= 11 is 0. The molecule has 0 heterocycles. The second-order valence-corrected chi connectivity index (χ2v) is 3.28. The molecule has 0 spiro atoms. The molecule has 0 aromatic heterocycles. The highest BCUT2D eigenvalue weighted by Crippen LogP contribution is 2.10. The van der Waals surface area contributed by atoms with Crippen LogP contribution in [-0.4, -0.2) is 36.1 Å². The summed E-state index contributed by atoms with van der Waals surface area (Å²) in [5.41, 5.74) is 0. The molecule has 0 saturated carbocycles. The number of ether oxygens (including phenoxy) is 2. The van der Waals surface area contributed by atoms with Crippen molar-refractivity contribution in [3.63, 3.8) is 0 Å². The quantitative estimate of drug-likeness (QED) is 0.377. The molecule has 0 fully saturated rings. The average Bonchev–Trinajstić information content (AvgIpc) is 2.15. The number of hydrogen-bond acceptors (Lipinski definition) is 6. The van der Waals surface area contributed by atoms with E-state index in [1.165, 1.54) is 21.0 Å². The van der Waals surface area contributed by atoms with Gasteiger partial charge in [0.2, 0.25) is 6.04 Å². The van der Waals surface area contributed by atoms with Gasteiger partial charge in [-0.1, -0.05) is 0 Å². The van der Waals surface area contributed by atoms with Gasteiger partial charge in [-0.2, -0.15) is 0 Å². The third-order valence-electron chi connectivity index (χ3n) is 2.04. The van der Waals surface area contributed by atoms with Crippen LogP contribution in [0.5, 0.6) is 0 Å². The van der Waals surface area contributed by atoms with Gasteiger partial charge in [-0.3, -0.25) is 19.7 Å². The summed E-state index contributed by atoms with van der Waals surface area (Å²) in [7, 11) is 1.21. The van der Waals surface area contributed by atoms with Gasteiger partial charge in [0.25, 0.3) is 0 Å². The van der Waals surface area contributed by atoms with E-state index in [1.807, 2.05) is 0 Å². The van der Waals surface area contributed by atoms with Gasteiger partial charge in [-0.15, -0.1) is 0 Å². The summed E-state index contributed by atoms with van der Waals surface area (Å²) in [5, 5.41) is 10.7. The number of rotatable bonds is 6. The van der Waals surface area contributed by atoms with Crippen molar-refractivity contribution in [3.8, 4) is 0 Å². The summed E-state index contributed by atoms with van der Waals surface area (Å²) in [4.78, 5) is 31.6. The standard InChI is InChI=1S/C9H15NO6/c1-6(16-7(2)11)8(10(13)14)4-5-9(12)15-3/h6,8H,4-5H2,1-3H3. The van der Waals surface area contributed by atoms with Crippen LogP contribution in [0.25, 0.3) is 0 Å². The van der Waals surface area contributed by atoms with Crippen molar-refractivity contribution in [2.24, 2.45) is 0 Å². The highest BCUT2D eigenvalue weighted by molar-refractivity contribution is 5.69. The Balaban J connectivity index is 4.32. The van der Waals surface area contributed by atoms with E-state index in [2.05, 4.69) is 4.74 Å². The van der Waals surface area contributed by atoms with Crippen molar-refractivity contribution in [2.45, 2.75) is 38.8 Å². The molecule has 0 aromatic rings. The molecular weight excluding hydrogens is 218 g/mol. The SMILES string of the molecule is COC(=O)CCC(C(C)OC(C)=O)[N+](=O)[O-]. The summed E-state index contributed by atoms with van der Waals surface area (Å²) < 4.78 is 9.08. The predicted molar refractivity (Wildman–Crippen MR) is 53.3 cm³/mol. The molecule has 0 saturated heterocycles. The van der Waals surface area contributed by atoms with E-state index in [1.54, 1.807) is 0 Å². The molecule has 7 heteroatoms. The molecule has 92 valence electrons. The second-order valence-electron chi connectivity index (χ2n) is 3.28. The summed E-state index contributed by atoms with van der Waals surface area (Å²) in [5.74, 6) is -1.11. The summed E-state index contributed by atoms with van der Waals surface area (Å²) in [6.07, 6.45) is -0.959. The van der Waals surface area contributed by atoms with Crippen LogP contribution in [0.3, 0.4) is 0 Å². The molecule has 16 heavy (non-hydrogen) atoms. The maximum Gasteiger partial charge on any atom is 0.305 e. The molecule has 0 aliphatic carbocycles. The number of nitrogens with zero attached hydrogens (tertiary/aromatic N) is 1. The van der Waals surface area contributed by atoms with Crippen molar-refractivity contribution in [2.75, 3.05) is 7.11 Å². The minimum absolute atomic E-state index is 0.0197. The number of nitro groups is 1. The lowest BCUT2D eigenvalue weighted by atomic mass is 10.1. The van der Waals surface area contributed by atoms with E-state index >= 15 is 0 Å². The minimum atomic E-state index is -1.09. The maximum atomic E-state index is 10.8. The average molecular weight is 233 g/mol. The molecule has 0 aliphatic rings. The lowest BCUT2D eigenvalue weighted by Crippen LogP contribution is -2.35. The molecule has 0 N–H and O–H groups in total. The first kappa shape index (κ1) is 14.3. The molecule has 0 bridgehead atoms. The van der Waals surface area contributed by atoms with Crippen molar-refractivity contribution >= 4 is 11.9 Å². The van der Waals surface area contributed by atoms with Crippen LogP contribution in [0.2, 0.25) is 0 Å². The normalized spacial score (nSPS) is 13.7. The lowest BCUT2D eigenvalue weighted by Gasteiger charge is -2.16. The van der Waals surface area contributed by atoms with Crippen molar-refractivity contribution < 1.29 is 24.0 Å². The first-order chi connectivity index (χ1) is 7.38. The van der Waals surface area contributed by atoms with Crippen LogP contribution in [0, 0.1) is 10.1 Å². The Labute approximate surface area is 92.9 Å². The van der Waals surface area contributed by atoms with Crippen LogP contribution in [-0.2, 0) is 19.1 Å². The zero-order chi connectivity index (χ0) is 12.7. The fourth-order valence-electron chi connectivity index (χ4n) is 1.22. The Hall–Kier alpha value is -1.66. The van der Waals surface area contributed by atoms with Gasteiger partial charge in [-0.25, -0.2) is 0 Å². The lowest BCUT2D eigenvalue weighted by molar-refractivity contribution is -0.533. The zero-order valence-electron chi connectivity index (χ0n) is 9.47. The molecule has 0 radical (unpaired) electrons. The van der Waals surface area contributed by atoms with Gasteiger partial charge in [0.1, 0.15) is 0 Å².